The second kappa shape index (κ2) is 6.53. The van der Waals surface area contributed by atoms with Gasteiger partial charge in [-0.1, -0.05) is 24.3 Å². The van der Waals surface area contributed by atoms with Crippen LogP contribution in [0, 0.1) is 6.92 Å². The molecular formula is C17H23N3. The van der Waals surface area contributed by atoms with Crippen molar-refractivity contribution >= 4 is 11.5 Å². The smallest absolute Gasteiger partial charge is 0.135 e. The molecule has 0 bridgehead atoms. The quantitative estimate of drug-likeness (QED) is 0.904. The summed E-state index contributed by atoms with van der Waals surface area (Å²) in [7, 11) is 0. The van der Waals surface area contributed by atoms with E-state index in [0.717, 1.165) is 18.8 Å². The Kier molecular flexibility index (Phi) is 4.74. The van der Waals surface area contributed by atoms with Crippen LogP contribution in [0.1, 0.15) is 25.0 Å². The zero-order chi connectivity index (χ0) is 14.5. The molecule has 1 unspecified atom stereocenters. The highest BCUT2D eigenvalue weighted by Crippen LogP contribution is 2.26. The van der Waals surface area contributed by atoms with Gasteiger partial charge in [-0.3, -0.25) is 0 Å². The van der Waals surface area contributed by atoms with E-state index in [1.165, 1.54) is 16.8 Å². The molecule has 1 aromatic carbocycles. The van der Waals surface area contributed by atoms with Crippen molar-refractivity contribution in [3.05, 3.63) is 53.7 Å². The number of nitrogens with zero attached hydrogens (tertiary/aromatic N) is 2. The standard InChI is InChI=1S/C17H23N3/c1-4-20(16-8-6-5-7-9-16)17-13(2)10-15(12-19-17)11-14(3)18/h5-10,12,14H,4,11,18H2,1-3H3. The van der Waals surface area contributed by atoms with Crippen molar-refractivity contribution in [2.75, 3.05) is 11.4 Å². The van der Waals surface area contributed by atoms with E-state index in [4.69, 9.17) is 5.73 Å². The lowest BCUT2D eigenvalue weighted by Gasteiger charge is -2.24. The zero-order valence-electron chi connectivity index (χ0n) is 12.5. The van der Waals surface area contributed by atoms with Gasteiger partial charge in [0.05, 0.1) is 0 Å². The van der Waals surface area contributed by atoms with E-state index in [9.17, 15) is 0 Å². The van der Waals surface area contributed by atoms with Crippen LogP contribution >= 0.6 is 0 Å². The van der Waals surface area contributed by atoms with E-state index in [0.29, 0.717) is 0 Å². The SMILES string of the molecule is CCN(c1ccccc1)c1ncc(CC(C)N)cc1C. The van der Waals surface area contributed by atoms with Crippen LogP contribution in [-0.4, -0.2) is 17.6 Å². The molecule has 0 radical (unpaired) electrons. The first-order chi connectivity index (χ1) is 9.61. The predicted octanol–water partition coefficient (Wildman–Crippen LogP) is 3.44. The van der Waals surface area contributed by atoms with Crippen LogP contribution in [0.15, 0.2) is 42.6 Å². The van der Waals surface area contributed by atoms with E-state index in [1.807, 2.05) is 19.2 Å². The number of rotatable bonds is 5. The molecular weight excluding hydrogens is 246 g/mol. The van der Waals surface area contributed by atoms with E-state index < -0.39 is 0 Å². The minimum absolute atomic E-state index is 0.165. The molecule has 0 aliphatic carbocycles. The highest BCUT2D eigenvalue weighted by molar-refractivity contribution is 5.62. The molecule has 20 heavy (non-hydrogen) atoms. The molecule has 1 heterocycles. The topological polar surface area (TPSA) is 42.2 Å². The fraction of sp³-hybridized carbons (Fsp3) is 0.353. The first kappa shape index (κ1) is 14.5. The van der Waals surface area contributed by atoms with E-state index >= 15 is 0 Å². The molecule has 0 fully saturated rings. The summed E-state index contributed by atoms with van der Waals surface area (Å²) in [6, 6.07) is 12.7. The first-order valence-electron chi connectivity index (χ1n) is 7.15. The Bertz CT molecular complexity index is 549. The number of aryl methyl sites for hydroxylation is 1. The van der Waals surface area contributed by atoms with Crippen LogP contribution in [0.5, 0.6) is 0 Å². The van der Waals surface area contributed by atoms with Gasteiger partial charge in [0.25, 0.3) is 0 Å². The molecule has 0 amide bonds. The zero-order valence-corrected chi connectivity index (χ0v) is 12.5. The summed E-state index contributed by atoms with van der Waals surface area (Å²) in [6.45, 7) is 7.17. The van der Waals surface area contributed by atoms with Gasteiger partial charge in [0.1, 0.15) is 5.82 Å². The van der Waals surface area contributed by atoms with Crippen LogP contribution in [0.2, 0.25) is 0 Å². The summed E-state index contributed by atoms with van der Waals surface area (Å²) in [5.74, 6) is 1.02. The van der Waals surface area contributed by atoms with Crippen LogP contribution < -0.4 is 10.6 Å². The Morgan fingerprint density at radius 2 is 1.95 bits per heavy atom. The van der Waals surface area contributed by atoms with Gasteiger partial charge >= 0.3 is 0 Å². The minimum Gasteiger partial charge on any atom is -0.328 e. The molecule has 0 aliphatic rings. The summed E-state index contributed by atoms with van der Waals surface area (Å²) in [5, 5.41) is 0. The maximum atomic E-state index is 5.85. The summed E-state index contributed by atoms with van der Waals surface area (Å²) in [5.41, 5.74) is 9.41. The first-order valence-corrected chi connectivity index (χ1v) is 7.15. The highest BCUT2D eigenvalue weighted by atomic mass is 15.2. The molecule has 2 rings (SSSR count). The Hall–Kier alpha value is -1.87. The van der Waals surface area contributed by atoms with Crippen LogP contribution in [-0.2, 0) is 6.42 Å². The number of benzene rings is 1. The lowest BCUT2D eigenvalue weighted by Crippen LogP contribution is -2.20. The van der Waals surface area contributed by atoms with Crippen molar-refractivity contribution in [3.8, 4) is 0 Å². The van der Waals surface area contributed by atoms with Gasteiger partial charge in [-0.15, -0.1) is 0 Å². The normalized spacial score (nSPS) is 12.2. The van der Waals surface area contributed by atoms with Gasteiger partial charge in [0.2, 0.25) is 0 Å². The number of hydrogen-bond donors (Lipinski definition) is 1. The molecule has 0 spiro atoms. The third-order valence-corrected chi connectivity index (χ3v) is 3.30. The summed E-state index contributed by atoms with van der Waals surface area (Å²) < 4.78 is 0. The predicted molar refractivity (Wildman–Crippen MR) is 85.4 cm³/mol. The van der Waals surface area contributed by atoms with Gasteiger partial charge in [-0.05, 0) is 50.5 Å². The molecule has 1 aromatic heterocycles. The van der Waals surface area contributed by atoms with Gasteiger partial charge in [0, 0.05) is 24.5 Å². The van der Waals surface area contributed by atoms with Gasteiger partial charge in [-0.25, -0.2) is 4.98 Å². The monoisotopic (exact) mass is 269 g/mol. The highest BCUT2D eigenvalue weighted by Gasteiger charge is 2.12. The molecule has 3 nitrogen and oxygen atoms in total. The van der Waals surface area contributed by atoms with Crippen molar-refractivity contribution < 1.29 is 0 Å². The van der Waals surface area contributed by atoms with Crippen LogP contribution in [0.3, 0.4) is 0 Å². The van der Waals surface area contributed by atoms with Crippen molar-refractivity contribution in [2.24, 2.45) is 5.73 Å². The third kappa shape index (κ3) is 3.36. The van der Waals surface area contributed by atoms with E-state index in [2.05, 4.69) is 54.1 Å². The molecule has 0 saturated heterocycles. The van der Waals surface area contributed by atoms with Crippen molar-refractivity contribution in [3.63, 3.8) is 0 Å². The fourth-order valence-electron chi connectivity index (χ4n) is 2.45. The second-order valence-electron chi connectivity index (χ2n) is 5.25. The average molecular weight is 269 g/mol. The Morgan fingerprint density at radius 3 is 2.50 bits per heavy atom. The Balaban J connectivity index is 2.31. The number of para-hydroxylation sites is 1. The molecule has 2 aromatic rings. The van der Waals surface area contributed by atoms with E-state index in [-0.39, 0.29) is 6.04 Å². The van der Waals surface area contributed by atoms with Gasteiger partial charge < -0.3 is 10.6 Å². The Morgan fingerprint density at radius 1 is 1.25 bits per heavy atom. The van der Waals surface area contributed by atoms with Gasteiger partial charge in [-0.2, -0.15) is 0 Å². The van der Waals surface area contributed by atoms with Crippen LogP contribution in [0.4, 0.5) is 11.5 Å². The summed E-state index contributed by atoms with van der Waals surface area (Å²) in [4.78, 5) is 6.88. The molecule has 0 saturated carbocycles. The molecule has 3 heteroatoms. The lowest BCUT2D eigenvalue weighted by molar-refractivity contribution is 0.734. The third-order valence-electron chi connectivity index (χ3n) is 3.30. The van der Waals surface area contributed by atoms with Crippen LogP contribution in [0.25, 0.3) is 0 Å². The molecule has 106 valence electrons. The van der Waals surface area contributed by atoms with E-state index in [1.54, 1.807) is 0 Å². The summed E-state index contributed by atoms with van der Waals surface area (Å²) >= 11 is 0. The maximum absolute atomic E-state index is 5.85. The number of nitrogens with two attached hydrogens (primary N) is 1. The number of pyridine rings is 1. The number of anilines is 2. The Labute approximate surface area is 121 Å². The fourth-order valence-corrected chi connectivity index (χ4v) is 2.45. The average Bonchev–Trinajstić information content (AvgIpc) is 2.42. The number of aromatic nitrogens is 1. The largest absolute Gasteiger partial charge is 0.328 e. The molecule has 0 aliphatic heterocycles. The van der Waals surface area contributed by atoms with Crippen molar-refractivity contribution in [2.45, 2.75) is 33.2 Å². The maximum Gasteiger partial charge on any atom is 0.135 e. The second-order valence-corrected chi connectivity index (χ2v) is 5.25. The molecule has 2 N–H and O–H groups in total. The van der Waals surface area contributed by atoms with Crippen molar-refractivity contribution in [1.29, 1.82) is 0 Å². The van der Waals surface area contributed by atoms with Gasteiger partial charge in [0.15, 0.2) is 0 Å². The van der Waals surface area contributed by atoms with Crippen molar-refractivity contribution in [1.82, 2.24) is 4.98 Å². The lowest BCUT2D eigenvalue weighted by atomic mass is 10.1. The minimum atomic E-state index is 0.165. The number of hydrogen-bond acceptors (Lipinski definition) is 3. The molecule has 1 atom stereocenters. The summed E-state index contributed by atoms with van der Waals surface area (Å²) in [6.07, 6.45) is 2.81.